The van der Waals surface area contributed by atoms with Crippen LogP contribution in [-0.4, -0.2) is 15.6 Å². The number of aryl methyl sites for hydroxylation is 1. The minimum Gasteiger partial charge on any atom is -0.477 e. The largest absolute Gasteiger partial charge is 0.477 e. The highest BCUT2D eigenvalue weighted by Gasteiger charge is 2.13. The molecule has 0 amide bonds. The van der Waals surface area contributed by atoms with Gasteiger partial charge in [-0.05, 0) is 18.6 Å². The summed E-state index contributed by atoms with van der Waals surface area (Å²) in [6.45, 7) is 2.89. The first kappa shape index (κ1) is 14.3. The summed E-state index contributed by atoms with van der Waals surface area (Å²) in [4.78, 5) is 23.3. The molecule has 4 heteroatoms. The van der Waals surface area contributed by atoms with Gasteiger partial charge in [-0.1, -0.05) is 38.3 Å². The number of para-hydroxylation sites is 1. The second-order valence-electron chi connectivity index (χ2n) is 4.95. The predicted molar refractivity (Wildman–Crippen MR) is 79.3 cm³/mol. The summed E-state index contributed by atoms with van der Waals surface area (Å²) in [5.74, 6) is -1.16. The Morgan fingerprint density at radius 2 is 1.95 bits per heavy atom. The molecule has 0 saturated carbocycles. The van der Waals surface area contributed by atoms with Crippen molar-refractivity contribution in [1.29, 1.82) is 0 Å². The van der Waals surface area contributed by atoms with Gasteiger partial charge in [-0.25, -0.2) is 4.79 Å². The van der Waals surface area contributed by atoms with Gasteiger partial charge in [0.15, 0.2) is 0 Å². The normalized spacial score (nSPS) is 10.8. The van der Waals surface area contributed by atoms with Gasteiger partial charge in [0.2, 0.25) is 5.43 Å². The van der Waals surface area contributed by atoms with E-state index in [1.54, 1.807) is 12.1 Å². The fraction of sp³-hybridized carbons (Fsp3) is 0.375. The molecule has 0 unspecified atom stereocenters. The van der Waals surface area contributed by atoms with Gasteiger partial charge in [0.25, 0.3) is 0 Å². The molecule has 0 aliphatic carbocycles. The van der Waals surface area contributed by atoms with Gasteiger partial charge in [0.05, 0.1) is 5.52 Å². The van der Waals surface area contributed by atoms with Gasteiger partial charge in [-0.15, -0.1) is 0 Å². The lowest BCUT2D eigenvalue weighted by atomic mass is 10.1. The first-order valence-corrected chi connectivity index (χ1v) is 7.00. The Balaban J connectivity index is 2.44. The molecule has 0 aliphatic rings. The lowest BCUT2D eigenvalue weighted by molar-refractivity contribution is 0.0695. The van der Waals surface area contributed by atoms with Gasteiger partial charge in [0, 0.05) is 18.1 Å². The lowest BCUT2D eigenvalue weighted by Crippen LogP contribution is -2.19. The average molecular weight is 273 g/mol. The van der Waals surface area contributed by atoms with E-state index in [0.717, 1.165) is 31.3 Å². The molecule has 4 nitrogen and oxygen atoms in total. The Labute approximate surface area is 117 Å². The van der Waals surface area contributed by atoms with Crippen LogP contribution in [0, 0.1) is 0 Å². The van der Waals surface area contributed by atoms with Crippen LogP contribution >= 0.6 is 0 Å². The number of fused-ring (bicyclic) bond motifs is 1. The number of nitrogens with zero attached hydrogens (tertiary/aromatic N) is 1. The fourth-order valence-electron chi connectivity index (χ4n) is 2.39. The molecule has 0 atom stereocenters. The average Bonchev–Trinajstić information content (AvgIpc) is 2.45. The number of hydrogen-bond acceptors (Lipinski definition) is 2. The minimum atomic E-state index is -1.16. The lowest BCUT2D eigenvalue weighted by Gasteiger charge is -2.12. The maximum atomic E-state index is 12.1. The number of carbonyl (C=O) groups is 1. The van der Waals surface area contributed by atoms with E-state index in [-0.39, 0.29) is 5.56 Å². The molecule has 0 spiro atoms. The van der Waals surface area contributed by atoms with E-state index >= 15 is 0 Å². The van der Waals surface area contributed by atoms with Gasteiger partial charge in [-0.2, -0.15) is 0 Å². The number of unbranched alkanes of at least 4 members (excludes halogenated alkanes) is 3. The van der Waals surface area contributed by atoms with Gasteiger partial charge < -0.3 is 9.67 Å². The Hall–Kier alpha value is -2.10. The summed E-state index contributed by atoms with van der Waals surface area (Å²) in [7, 11) is 0. The molecule has 0 aliphatic heterocycles. The van der Waals surface area contributed by atoms with Crippen molar-refractivity contribution in [1.82, 2.24) is 4.57 Å². The molecular weight excluding hydrogens is 254 g/mol. The van der Waals surface area contributed by atoms with Crippen molar-refractivity contribution >= 4 is 16.9 Å². The van der Waals surface area contributed by atoms with Crippen molar-refractivity contribution < 1.29 is 9.90 Å². The second kappa shape index (κ2) is 6.37. The molecule has 0 saturated heterocycles. The van der Waals surface area contributed by atoms with Crippen LogP contribution < -0.4 is 5.43 Å². The van der Waals surface area contributed by atoms with Gasteiger partial charge >= 0.3 is 5.97 Å². The number of benzene rings is 1. The molecule has 1 aromatic carbocycles. The Morgan fingerprint density at radius 3 is 2.65 bits per heavy atom. The molecule has 106 valence electrons. The SMILES string of the molecule is CCCCCCn1cc(C(=O)O)c(=O)c2ccccc21. The zero-order chi connectivity index (χ0) is 14.5. The van der Waals surface area contributed by atoms with Crippen molar-refractivity contribution in [2.45, 2.75) is 39.2 Å². The van der Waals surface area contributed by atoms with E-state index in [1.165, 1.54) is 12.6 Å². The summed E-state index contributed by atoms with van der Waals surface area (Å²) in [5.41, 5.74) is 0.246. The Kier molecular flexibility index (Phi) is 4.56. The van der Waals surface area contributed by atoms with Crippen LogP contribution in [-0.2, 0) is 6.54 Å². The van der Waals surface area contributed by atoms with Gasteiger partial charge in [0.1, 0.15) is 5.56 Å². The summed E-state index contributed by atoms with van der Waals surface area (Å²) in [6, 6.07) is 7.18. The van der Waals surface area contributed by atoms with Crippen molar-refractivity contribution in [3.05, 3.63) is 46.2 Å². The van der Waals surface area contributed by atoms with Crippen LogP contribution in [0.4, 0.5) is 0 Å². The molecule has 0 bridgehead atoms. The van der Waals surface area contributed by atoms with Crippen LogP contribution in [0.1, 0.15) is 43.0 Å². The maximum Gasteiger partial charge on any atom is 0.341 e. The number of aromatic nitrogens is 1. The highest BCUT2D eigenvalue weighted by Crippen LogP contribution is 2.13. The van der Waals surface area contributed by atoms with Crippen LogP contribution in [0.25, 0.3) is 10.9 Å². The maximum absolute atomic E-state index is 12.1. The zero-order valence-electron chi connectivity index (χ0n) is 11.6. The molecular formula is C16H19NO3. The summed E-state index contributed by atoms with van der Waals surface area (Å²) >= 11 is 0. The van der Waals surface area contributed by atoms with E-state index in [4.69, 9.17) is 5.11 Å². The second-order valence-corrected chi connectivity index (χ2v) is 4.95. The van der Waals surface area contributed by atoms with Crippen LogP contribution in [0.2, 0.25) is 0 Å². The third-order valence-electron chi connectivity index (χ3n) is 3.47. The number of aromatic carboxylic acids is 1. The van der Waals surface area contributed by atoms with Crippen molar-refractivity contribution in [2.75, 3.05) is 0 Å². The van der Waals surface area contributed by atoms with E-state index in [9.17, 15) is 9.59 Å². The number of carboxylic acids is 1. The number of carboxylic acid groups (broad SMARTS) is 1. The smallest absolute Gasteiger partial charge is 0.341 e. The van der Waals surface area contributed by atoms with Gasteiger partial charge in [-0.3, -0.25) is 4.79 Å². The third kappa shape index (κ3) is 2.90. The summed E-state index contributed by atoms with van der Waals surface area (Å²) < 4.78 is 1.88. The number of rotatable bonds is 6. The van der Waals surface area contributed by atoms with Crippen LogP contribution in [0.3, 0.4) is 0 Å². The van der Waals surface area contributed by atoms with Crippen LogP contribution in [0.5, 0.6) is 0 Å². The highest BCUT2D eigenvalue weighted by molar-refractivity contribution is 5.92. The van der Waals surface area contributed by atoms with E-state index < -0.39 is 11.4 Å². The standard InChI is InChI=1S/C16H19NO3/c1-2-3-4-7-10-17-11-13(16(19)20)15(18)12-8-5-6-9-14(12)17/h5-6,8-9,11H,2-4,7,10H2,1H3,(H,19,20). The Morgan fingerprint density at radius 1 is 1.20 bits per heavy atom. The predicted octanol–water partition coefficient (Wildman–Crippen LogP) is 3.28. The molecule has 1 aromatic heterocycles. The quantitative estimate of drug-likeness (QED) is 0.822. The molecule has 1 N–H and O–H groups in total. The molecule has 2 aromatic rings. The van der Waals surface area contributed by atoms with Crippen LogP contribution in [0.15, 0.2) is 35.3 Å². The molecule has 1 heterocycles. The van der Waals surface area contributed by atoms with E-state index in [2.05, 4.69) is 6.92 Å². The minimum absolute atomic E-state index is 0.154. The van der Waals surface area contributed by atoms with Crippen molar-refractivity contribution in [3.63, 3.8) is 0 Å². The molecule has 20 heavy (non-hydrogen) atoms. The molecule has 2 rings (SSSR count). The third-order valence-corrected chi connectivity index (χ3v) is 3.47. The summed E-state index contributed by atoms with van der Waals surface area (Å²) in [6.07, 6.45) is 5.90. The monoisotopic (exact) mass is 273 g/mol. The highest BCUT2D eigenvalue weighted by atomic mass is 16.4. The summed E-state index contributed by atoms with van der Waals surface area (Å²) in [5, 5.41) is 9.62. The number of pyridine rings is 1. The fourth-order valence-corrected chi connectivity index (χ4v) is 2.39. The zero-order valence-corrected chi connectivity index (χ0v) is 11.6. The first-order valence-electron chi connectivity index (χ1n) is 7.00. The molecule has 0 fully saturated rings. The molecule has 0 radical (unpaired) electrons. The first-order chi connectivity index (χ1) is 9.65. The van der Waals surface area contributed by atoms with E-state index in [0.29, 0.717) is 5.39 Å². The van der Waals surface area contributed by atoms with Crippen molar-refractivity contribution in [3.8, 4) is 0 Å². The topological polar surface area (TPSA) is 59.3 Å². The Bertz CT molecular complexity index is 673. The van der Waals surface area contributed by atoms with Crippen molar-refractivity contribution in [2.24, 2.45) is 0 Å². The van der Waals surface area contributed by atoms with E-state index in [1.807, 2.05) is 16.7 Å². The number of hydrogen-bond donors (Lipinski definition) is 1.